The Bertz CT molecular complexity index is 508. The first-order chi connectivity index (χ1) is 10.6. The lowest BCUT2D eigenvalue weighted by molar-refractivity contribution is 0.0960. The highest BCUT2D eigenvalue weighted by Gasteiger charge is 2.16. The van der Waals surface area contributed by atoms with Gasteiger partial charge in [-0.1, -0.05) is 6.92 Å². The molecule has 1 aromatic rings. The Balaban J connectivity index is 1.98. The van der Waals surface area contributed by atoms with Gasteiger partial charge < -0.3 is 15.0 Å². The Labute approximate surface area is 133 Å². The lowest BCUT2D eigenvalue weighted by Gasteiger charge is -2.26. The van der Waals surface area contributed by atoms with Crippen LogP contribution in [0, 0.1) is 13.8 Å². The number of nitrogens with zero attached hydrogens (tertiary/aromatic N) is 1. The van der Waals surface area contributed by atoms with E-state index in [1.807, 2.05) is 26.0 Å². The molecule has 0 atom stereocenters. The fourth-order valence-corrected chi connectivity index (χ4v) is 2.80. The van der Waals surface area contributed by atoms with Gasteiger partial charge in [0, 0.05) is 44.7 Å². The van der Waals surface area contributed by atoms with Gasteiger partial charge in [0.2, 0.25) is 0 Å². The second-order valence-corrected chi connectivity index (χ2v) is 5.97. The predicted molar refractivity (Wildman–Crippen MR) is 90.0 cm³/mol. The van der Waals surface area contributed by atoms with Crippen LogP contribution in [0.15, 0.2) is 12.1 Å². The number of piperazine rings is 1. The van der Waals surface area contributed by atoms with E-state index in [-0.39, 0.29) is 5.78 Å². The summed E-state index contributed by atoms with van der Waals surface area (Å²) in [5, 5.41) is 3.33. The zero-order valence-corrected chi connectivity index (χ0v) is 14.1. The molecule has 122 valence electrons. The normalized spacial score (nSPS) is 15.8. The number of Topliss-reactive ketones (excluding diaryl/α,β-unsaturated/α-hetero) is 1. The number of ketones is 1. The van der Waals surface area contributed by atoms with E-state index in [1.54, 1.807) is 0 Å². The van der Waals surface area contributed by atoms with Gasteiger partial charge in [0.15, 0.2) is 5.78 Å². The Morgan fingerprint density at radius 3 is 2.64 bits per heavy atom. The van der Waals surface area contributed by atoms with E-state index in [1.165, 1.54) is 0 Å². The minimum absolute atomic E-state index is 0.237. The van der Waals surface area contributed by atoms with Crippen LogP contribution in [-0.2, 0) is 0 Å². The molecule has 0 aliphatic carbocycles. The van der Waals surface area contributed by atoms with Crippen LogP contribution >= 0.6 is 0 Å². The van der Waals surface area contributed by atoms with E-state index in [0.29, 0.717) is 6.42 Å². The van der Waals surface area contributed by atoms with Gasteiger partial charge in [0.1, 0.15) is 5.75 Å². The summed E-state index contributed by atoms with van der Waals surface area (Å²) in [6.07, 6.45) is 1.58. The van der Waals surface area contributed by atoms with Crippen molar-refractivity contribution in [1.82, 2.24) is 10.2 Å². The summed E-state index contributed by atoms with van der Waals surface area (Å²) in [7, 11) is 0. The maximum Gasteiger partial charge on any atom is 0.164 e. The highest BCUT2D eigenvalue weighted by molar-refractivity contribution is 5.98. The van der Waals surface area contributed by atoms with Gasteiger partial charge in [-0.05, 0) is 43.5 Å². The number of hydrogen-bond acceptors (Lipinski definition) is 4. The van der Waals surface area contributed by atoms with Crippen molar-refractivity contribution in [2.24, 2.45) is 0 Å². The van der Waals surface area contributed by atoms with Crippen molar-refractivity contribution >= 4 is 5.78 Å². The number of nitrogens with one attached hydrogen (secondary N) is 1. The fraction of sp³-hybridized carbons (Fsp3) is 0.611. The van der Waals surface area contributed by atoms with Gasteiger partial charge >= 0.3 is 0 Å². The van der Waals surface area contributed by atoms with Crippen molar-refractivity contribution in [3.05, 3.63) is 28.8 Å². The first-order valence-corrected chi connectivity index (χ1v) is 8.32. The zero-order valence-electron chi connectivity index (χ0n) is 14.1. The molecule has 1 aliphatic rings. The topological polar surface area (TPSA) is 41.6 Å². The molecule has 0 aromatic heterocycles. The van der Waals surface area contributed by atoms with Gasteiger partial charge in [-0.25, -0.2) is 0 Å². The van der Waals surface area contributed by atoms with Crippen LogP contribution in [-0.4, -0.2) is 50.0 Å². The van der Waals surface area contributed by atoms with E-state index in [0.717, 1.165) is 68.2 Å². The van der Waals surface area contributed by atoms with E-state index in [4.69, 9.17) is 4.74 Å². The molecule has 0 bridgehead atoms. The second-order valence-electron chi connectivity index (χ2n) is 5.97. The maximum absolute atomic E-state index is 12.5. The molecule has 0 amide bonds. The molecule has 4 heteroatoms. The molecule has 1 aromatic carbocycles. The summed E-state index contributed by atoms with van der Waals surface area (Å²) in [6.45, 7) is 11.8. The van der Waals surface area contributed by atoms with Crippen LogP contribution < -0.4 is 10.1 Å². The van der Waals surface area contributed by atoms with Crippen LogP contribution in [0.25, 0.3) is 0 Å². The molecule has 0 radical (unpaired) electrons. The van der Waals surface area contributed by atoms with Crippen LogP contribution in [0.1, 0.15) is 41.3 Å². The SMILES string of the molecule is CCCOc1ccc(C(=O)CCN2CCNCC2)c(C)c1C. The number of rotatable bonds is 7. The maximum atomic E-state index is 12.5. The monoisotopic (exact) mass is 304 g/mol. The quantitative estimate of drug-likeness (QED) is 0.786. The zero-order chi connectivity index (χ0) is 15.9. The van der Waals surface area contributed by atoms with Crippen LogP contribution in [0.5, 0.6) is 5.75 Å². The van der Waals surface area contributed by atoms with E-state index in [2.05, 4.69) is 17.1 Å². The molecule has 22 heavy (non-hydrogen) atoms. The van der Waals surface area contributed by atoms with Crippen LogP contribution in [0.2, 0.25) is 0 Å². The molecule has 1 fully saturated rings. The number of ether oxygens (including phenoxy) is 1. The highest BCUT2D eigenvalue weighted by Crippen LogP contribution is 2.25. The van der Waals surface area contributed by atoms with Crippen LogP contribution in [0.3, 0.4) is 0 Å². The lowest BCUT2D eigenvalue weighted by Crippen LogP contribution is -2.44. The average Bonchev–Trinajstić information content (AvgIpc) is 2.55. The molecule has 2 rings (SSSR count). The summed E-state index contributed by atoms with van der Waals surface area (Å²) < 4.78 is 5.73. The van der Waals surface area contributed by atoms with E-state index >= 15 is 0 Å². The smallest absolute Gasteiger partial charge is 0.164 e. The predicted octanol–water partition coefficient (Wildman–Crippen LogP) is 2.57. The van der Waals surface area contributed by atoms with Gasteiger partial charge in [-0.15, -0.1) is 0 Å². The van der Waals surface area contributed by atoms with Crippen molar-refractivity contribution < 1.29 is 9.53 Å². The Morgan fingerprint density at radius 2 is 1.95 bits per heavy atom. The molecular formula is C18H28N2O2. The molecular weight excluding hydrogens is 276 g/mol. The molecule has 1 saturated heterocycles. The minimum atomic E-state index is 0.237. The Morgan fingerprint density at radius 1 is 1.23 bits per heavy atom. The number of hydrogen-bond donors (Lipinski definition) is 1. The third kappa shape index (κ3) is 4.31. The average molecular weight is 304 g/mol. The van der Waals surface area contributed by atoms with Crippen molar-refractivity contribution in [3.8, 4) is 5.75 Å². The molecule has 1 aliphatic heterocycles. The summed E-state index contributed by atoms with van der Waals surface area (Å²) in [4.78, 5) is 14.9. The molecule has 0 unspecified atom stereocenters. The van der Waals surface area contributed by atoms with E-state index < -0.39 is 0 Å². The van der Waals surface area contributed by atoms with Gasteiger partial charge in [0.05, 0.1) is 6.61 Å². The number of benzene rings is 1. The fourth-order valence-electron chi connectivity index (χ4n) is 2.80. The van der Waals surface area contributed by atoms with Crippen molar-refractivity contribution in [2.45, 2.75) is 33.6 Å². The summed E-state index contributed by atoms with van der Waals surface area (Å²) >= 11 is 0. The molecule has 1 N–H and O–H groups in total. The highest BCUT2D eigenvalue weighted by atomic mass is 16.5. The minimum Gasteiger partial charge on any atom is -0.493 e. The van der Waals surface area contributed by atoms with Crippen molar-refractivity contribution in [2.75, 3.05) is 39.3 Å². The second kappa shape index (κ2) is 8.30. The summed E-state index contributed by atoms with van der Waals surface area (Å²) in [6, 6.07) is 3.86. The molecule has 0 saturated carbocycles. The third-order valence-corrected chi connectivity index (χ3v) is 4.36. The van der Waals surface area contributed by atoms with Crippen LogP contribution in [0.4, 0.5) is 0 Å². The number of carbonyl (C=O) groups is 1. The molecule has 0 spiro atoms. The molecule has 4 nitrogen and oxygen atoms in total. The van der Waals surface area contributed by atoms with Crippen molar-refractivity contribution in [1.29, 1.82) is 0 Å². The molecule has 1 heterocycles. The Kier molecular flexibility index (Phi) is 6.40. The Hall–Kier alpha value is -1.39. The first kappa shape index (κ1) is 17.0. The first-order valence-electron chi connectivity index (χ1n) is 8.32. The largest absolute Gasteiger partial charge is 0.493 e. The summed E-state index contributed by atoms with van der Waals surface area (Å²) in [5.74, 6) is 1.14. The lowest BCUT2D eigenvalue weighted by atomic mass is 9.97. The summed E-state index contributed by atoms with van der Waals surface area (Å²) in [5.41, 5.74) is 2.98. The van der Waals surface area contributed by atoms with Gasteiger partial charge in [-0.3, -0.25) is 4.79 Å². The van der Waals surface area contributed by atoms with E-state index in [9.17, 15) is 4.79 Å². The van der Waals surface area contributed by atoms with Gasteiger partial charge in [0.25, 0.3) is 0 Å². The standard InChI is InChI=1S/C18H28N2O2/c1-4-13-22-18-6-5-16(14(2)15(18)3)17(21)7-10-20-11-8-19-9-12-20/h5-6,19H,4,7-13H2,1-3H3. The number of carbonyl (C=O) groups excluding carboxylic acids is 1. The third-order valence-electron chi connectivity index (χ3n) is 4.36. The van der Waals surface area contributed by atoms with Gasteiger partial charge in [-0.2, -0.15) is 0 Å². The van der Waals surface area contributed by atoms with Crippen molar-refractivity contribution in [3.63, 3.8) is 0 Å².